The lowest BCUT2D eigenvalue weighted by Gasteiger charge is -2.29. The first kappa shape index (κ1) is 18.0. The third kappa shape index (κ3) is 3.11. The van der Waals surface area contributed by atoms with Crippen molar-refractivity contribution in [1.29, 1.82) is 0 Å². The average Bonchev–Trinajstić information content (AvgIpc) is 2.93. The van der Waals surface area contributed by atoms with Gasteiger partial charge in [-0.1, -0.05) is 54.9 Å². The molecule has 0 aromatic heterocycles. The Balaban J connectivity index is 1.56. The summed E-state index contributed by atoms with van der Waals surface area (Å²) in [6.45, 7) is 4.02. The molecule has 2 atom stereocenters. The molecule has 3 amide bonds. The first-order chi connectivity index (χ1) is 13.0. The summed E-state index contributed by atoms with van der Waals surface area (Å²) in [5.74, 6) is -0.191. The van der Waals surface area contributed by atoms with E-state index >= 15 is 0 Å². The second-order valence-electron chi connectivity index (χ2n) is 7.29. The Kier molecular flexibility index (Phi) is 4.66. The molecular formula is C21H23ClN3O2+. The van der Waals surface area contributed by atoms with Gasteiger partial charge < -0.3 is 10.2 Å². The van der Waals surface area contributed by atoms with Crippen molar-refractivity contribution in [2.24, 2.45) is 0 Å². The second-order valence-corrected chi connectivity index (χ2v) is 7.72. The summed E-state index contributed by atoms with van der Waals surface area (Å²) >= 11 is 6.12. The van der Waals surface area contributed by atoms with E-state index in [1.807, 2.05) is 25.1 Å². The highest BCUT2D eigenvalue weighted by atomic mass is 35.5. The van der Waals surface area contributed by atoms with Crippen molar-refractivity contribution in [3.8, 4) is 0 Å². The quantitative estimate of drug-likeness (QED) is 0.793. The fraction of sp³-hybridized carbons (Fsp3) is 0.333. The van der Waals surface area contributed by atoms with Gasteiger partial charge in [-0.25, -0.2) is 9.69 Å². The fourth-order valence-electron chi connectivity index (χ4n) is 4.16. The molecule has 2 N–H and O–H groups in total. The number of imide groups is 1. The molecule has 2 aromatic carbocycles. The largest absolute Gasteiger partial charge is 0.329 e. The molecule has 140 valence electrons. The van der Waals surface area contributed by atoms with Gasteiger partial charge in [-0.15, -0.1) is 0 Å². The topological polar surface area (TPSA) is 53.9 Å². The molecule has 4 rings (SSSR count). The van der Waals surface area contributed by atoms with Gasteiger partial charge in [-0.3, -0.25) is 4.79 Å². The SMILES string of the molecule is CC[C@@]1(c2cccc(Cl)c2)NC(=O)N(C[NH+]2CCc3ccccc3C2)C1=O. The molecule has 27 heavy (non-hydrogen) atoms. The fourth-order valence-corrected chi connectivity index (χ4v) is 4.35. The molecule has 1 fully saturated rings. The van der Waals surface area contributed by atoms with Crippen molar-refractivity contribution in [3.05, 3.63) is 70.2 Å². The predicted octanol–water partition coefficient (Wildman–Crippen LogP) is 2.10. The number of amides is 3. The van der Waals surface area contributed by atoms with Gasteiger partial charge in [0.25, 0.3) is 5.91 Å². The molecular weight excluding hydrogens is 362 g/mol. The summed E-state index contributed by atoms with van der Waals surface area (Å²) in [7, 11) is 0. The van der Waals surface area contributed by atoms with Crippen LogP contribution in [0.3, 0.4) is 0 Å². The van der Waals surface area contributed by atoms with Crippen LogP contribution in [0, 0.1) is 0 Å². The Morgan fingerprint density at radius 3 is 2.67 bits per heavy atom. The third-order valence-electron chi connectivity index (χ3n) is 5.71. The van der Waals surface area contributed by atoms with E-state index < -0.39 is 5.54 Å². The summed E-state index contributed by atoms with van der Waals surface area (Å²) in [5.41, 5.74) is 2.36. The molecule has 2 aliphatic heterocycles. The number of nitrogens with one attached hydrogen (secondary N) is 2. The van der Waals surface area contributed by atoms with Crippen LogP contribution in [0.5, 0.6) is 0 Å². The van der Waals surface area contributed by atoms with Crippen LogP contribution < -0.4 is 10.2 Å². The first-order valence-corrected chi connectivity index (χ1v) is 9.72. The Labute approximate surface area is 163 Å². The maximum Gasteiger partial charge on any atom is 0.329 e. The maximum absolute atomic E-state index is 13.3. The van der Waals surface area contributed by atoms with E-state index in [1.54, 1.807) is 12.1 Å². The number of urea groups is 1. The molecule has 0 bridgehead atoms. The first-order valence-electron chi connectivity index (χ1n) is 9.34. The van der Waals surface area contributed by atoms with Crippen molar-refractivity contribution in [2.45, 2.75) is 31.8 Å². The third-order valence-corrected chi connectivity index (χ3v) is 5.95. The number of benzene rings is 2. The molecule has 6 heteroatoms. The van der Waals surface area contributed by atoms with Crippen LogP contribution in [0.15, 0.2) is 48.5 Å². The van der Waals surface area contributed by atoms with E-state index in [2.05, 4.69) is 23.5 Å². The summed E-state index contributed by atoms with van der Waals surface area (Å²) in [5, 5.41) is 3.49. The summed E-state index contributed by atoms with van der Waals surface area (Å²) in [6.07, 6.45) is 1.44. The van der Waals surface area contributed by atoms with Crippen LogP contribution in [-0.2, 0) is 23.3 Å². The highest BCUT2D eigenvalue weighted by Gasteiger charge is 2.52. The minimum absolute atomic E-state index is 0.191. The van der Waals surface area contributed by atoms with Crippen LogP contribution in [-0.4, -0.2) is 30.1 Å². The number of halogens is 1. The number of quaternary nitrogens is 1. The van der Waals surface area contributed by atoms with Crippen molar-refractivity contribution in [1.82, 2.24) is 10.2 Å². The van der Waals surface area contributed by atoms with Crippen molar-refractivity contribution < 1.29 is 14.5 Å². The molecule has 0 saturated carbocycles. The molecule has 0 aliphatic carbocycles. The zero-order chi connectivity index (χ0) is 19.0. The van der Waals surface area contributed by atoms with Crippen LogP contribution in [0.2, 0.25) is 5.02 Å². The van der Waals surface area contributed by atoms with Gasteiger partial charge in [0.2, 0.25) is 0 Å². The van der Waals surface area contributed by atoms with Crippen molar-refractivity contribution in [3.63, 3.8) is 0 Å². The molecule has 0 spiro atoms. The lowest BCUT2D eigenvalue weighted by atomic mass is 9.87. The van der Waals surface area contributed by atoms with E-state index in [9.17, 15) is 9.59 Å². The van der Waals surface area contributed by atoms with Gasteiger partial charge in [0, 0.05) is 17.0 Å². The van der Waals surface area contributed by atoms with E-state index in [0.717, 1.165) is 25.1 Å². The zero-order valence-electron chi connectivity index (χ0n) is 15.3. The van der Waals surface area contributed by atoms with Gasteiger partial charge in [-0.2, -0.15) is 0 Å². The molecule has 5 nitrogen and oxygen atoms in total. The Bertz CT molecular complexity index is 901. The predicted molar refractivity (Wildman–Crippen MR) is 103 cm³/mol. The van der Waals surface area contributed by atoms with E-state index in [1.165, 1.54) is 20.9 Å². The monoisotopic (exact) mass is 384 g/mol. The molecule has 1 saturated heterocycles. The molecule has 0 radical (unpaired) electrons. The summed E-state index contributed by atoms with van der Waals surface area (Å²) < 4.78 is 0. The number of carbonyl (C=O) groups is 2. The number of carbonyl (C=O) groups excluding carboxylic acids is 2. The molecule has 2 aliphatic rings. The minimum Gasteiger partial charge on any atom is -0.319 e. The number of nitrogens with zero attached hydrogens (tertiary/aromatic N) is 1. The van der Waals surface area contributed by atoms with Gasteiger partial charge in [0.15, 0.2) is 6.67 Å². The van der Waals surface area contributed by atoms with Crippen LogP contribution in [0.4, 0.5) is 4.79 Å². The van der Waals surface area contributed by atoms with E-state index in [0.29, 0.717) is 18.1 Å². The average molecular weight is 385 g/mol. The number of hydrogen-bond acceptors (Lipinski definition) is 2. The minimum atomic E-state index is -1.03. The van der Waals surface area contributed by atoms with Gasteiger partial charge >= 0.3 is 6.03 Å². The second kappa shape index (κ2) is 6.98. The summed E-state index contributed by atoms with van der Waals surface area (Å²) in [6, 6.07) is 15.2. The Hall–Kier alpha value is -2.37. The zero-order valence-corrected chi connectivity index (χ0v) is 16.1. The van der Waals surface area contributed by atoms with E-state index in [4.69, 9.17) is 11.6 Å². The van der Waals surface area contributed by atoms with Gasteiger partial charge in [0.1, 0.15) is 12.1 Å². The molecule has 1 unspecified atom stereocenters. The molecule has 2 aromatic rings. The Morgan fingerprint density at radius 2 is 1.93 bits per heavy atom. The highest BCUT2D eigenvalue weighted by molar-refractivity contribution is 6.30. The Morgan fingerprint density at radius 1 is 1.15 bits per heavy atom. The van der Waals surface area contributed by atoms with Gasteiger partial charge in [-0.05, 0) is 29.7 Å². The van der Waals surface area contributed by atoms with Gasteiger partial charge in [0.05, 0.1) is 6.54 Å². The number of fused-ring (bicyclic) bond motifs is 1. The van der Waals surface area contributed by atoms with Crippen LogP contribution in [0.1, 0.15) is 30.0 Å². The van der Waals surface area contributed by atoms with Crippen LogP contribution in [0.25, 0.3) is 0 Å². The summed E-state index contributed by atoms with van der Waals surface area (Å²) in [4.78, 5) is 28.6. The lowest BCUT2D eigenvalue weighted by Crippen LogP contribution is -3.13. The maximum atomic E-state index is 13.3. The lowest BCUT2D eigenvalue weighted by molar-refractivity contribution is -0.923. The normalized spacial score (nSPS) is 24.7. The highest BCUT2D eigenvalue weighted by Crippen LogP contribution is 2.33. The molecule has 2 heterocycles. The van der Waals surface area contributed by atoms with E-state index in [-0.39, 0.29) is 11.9 Å². The smallest absolute Gasteiger partial charge is 0.319 e. The number of rotatable bonds is 4. The number of hydrogen-bond donors (Lipinski definition) is 2. The van der Waals surface area contributed by atoms with Crippen LogP contribution >= 0.6 is 11.6 Å². The van der Waals surface area contributed by atoms with Crippen molar-refractivity contribution >= 4 is 23.5 Å². The standard InChI is InChI=1S/C21H22ClN3O2/c1-2-21(17-8-5-9-18(22)12-17)19(26)25(20(27)23-21)14-24-11-10-15-6-3-4-7-16(15)13-24/h3-9,12H,2,10-11,13-14H2,1H3,(H,23,27)/p+1/t21-/m0/s1. The van der Waals surface area contributed by atoms with Crippen molar-refractivity contribution in [2.75, 3.05) is 13.2 Å².